The lowest BCUT2D eigenvalue weighted by Crippen LogP contribution is -2.36. The van der Waals surface area contributed by atoms with Crippen molar-refractivity contribution in [3.8, 4) is 0 Å². The van der Waals surface area contributed by atoms with Gasteiger partial charge >= 0.3 is 0 Å². The molecule has 2 aliphatic rings. The Labute approximate surface area is 136 Å². The van der Waals surface area contributed by atoms with Crippen LogP contribution >= 0.6 is 0 Å². The fourth-order valence-corrected chi connectivity index (χ4v) is 4.48. The third kappa shape index (κ3) is 1.83. The Hall–Kier alpha value is -2.13. The fourth-order valence-electron chi connectivity index (χ4n) is 4.48. The molecule has 0 unspecified atom stereocenters. The van der Waals surface area contributed by atoms with E-state index in [0.717, 1.165) is 28.9 Å². The van der Waals surface area contributed by atoms with E-state index in [4.69, 9.17) is 0 Å². The number of allylic oxidation sites excluding steroid dienone is 1. The number of likely N-dealkylation sites (N-methyl/N-ethyl adjacent to an activating group) is 1. The Kier molecular flexibility index (Phi) is 3.10. The number of fused-ring (bicyclic) bond motifs is 6. The number of likely N-dealkylation sites (tertiary alicyclic amines) is 1. The van der Waals surface area contributed by atoms with Crippen LogP contribution in [0.25, 0.3) is 10.9 Å². The molecular formula is C20H22N2O. The number of hydrogen-bond donors (Lipinski definition) is 0. The van der Waals surface area contributed by atoms with Gasteiger partial charge in [-0.15, -0.1) is 0 Å². The Morgan fingerprint density at radius 2 is 2.00 bits per heavy atom. The lowest BCUT2D eigenvalue weighted by Gasteiger charge is -2.39. The number of nitrogens with zero attached hydrogens (tertiary/aromatic N) is 2. The summed E-state index contributed by atoms with van der Waals surface area (Å²) in [7, 11) is 4.14. The number of carbonyl (C=O) groups is 1. The molecule has 1 saturated heterocycles. The maximum atomic E-state index is 13.0. The summed E-state index contributed by atoms with van der Waals surface area (Å²) in [4.78, 5) is 15.4. The van der Waals surface area contributed by atoms with E-state index in [0.29, 0.717) is 6.42 Å². The lowest BCUT2D eigenvalue weighted by atomic mass is 9.80. The molecule has 2 bridgehead atoms. The van der Waals surface area contributed by atoms with Crippen molar-refractivity contribution in [1.82, 2.24) is 9.47 Å². The quantitative estimate of drug-likeness (QED) is 0.690. The normalized spacial score (nSPS) is 26.7. The summed E-state index contributed by atoms with van der Waals surface area (Å²) in [5, 5.41) is 1.18. The number of para-hydroxylation sites is 1. The molecule has 0 N–H and O–H groups in total. The van der Waals surface area contributed by atoms with Crippen LogP contribution in [0.3, 0.4) is 0 Å². The van der Waals surface area contributed by atoms with Gasteiger partial charge in [-0.2, -0.15) is 0 Å². The fraction of sp³-hybridized carbons (Fsp3) is 0.350. The van der Waals surface area contributed by atoms with Crippen molar-refractivity contribution < 1.29 is 4.79 Å². The molecule has 4 rings (SSSR count). The van der Waals surface area contributed by atoms with Crippen LogP contribution in [0.15, 0.2) is 48.1 Å². The molecule has 1 aromatic heterocycles. The summed E-state index contributed by atoms with van der Waals surface area (Å²) in [5.74, 6) is 0.418. The minimum atomic E-state index is 0.122. The summed E-state index contributed by atoms with van der Waals surface area (Å²) in [6.07, 6.45) is 2.70. The zero-order valence-corrected chi connectivity index (χ0v) is 14.0. The van der Waals surface area contributed by atoms with Crippen LogP contribution in [0.2, 0.25) is 0 Å². The average Bonchev–Trinajstić information content (AvgIpc) is 2.79. The standard InChI is InChI=1S/C20H22N2O/c1-5-13-11-21(3)19-12(2)15(13)10-17(23)20-18(19)14-8-6-7-9-16(14)22(20)4/h5-9,15,19H,2,10-11H2,1,3-4H3/b13-5-/t15-,19-/m1/s1. The lowest BCUT2D eigenvalue weighted by molar-refractivity contribution is 0.0964. The van der Waals surface area contributed by atoms with Crippen LogP contribution < -0.4 is 0 Å². The van der Waals surface area contributed by atoms with Crippen molar-refractivity contribution in [2.75, 3.05) is 13.6 Å². The number of rotatable bonds is 0. The minimum absolute atomic E-state index is 0.122. The highest BCUT2D eigenvalue weighted by Gasteiger charge is 2.42. The van der Waals surface area contributed by atoms with E-state index < -0.39 is 0 Å². The van der Waals surface area contributed by atoms with Crippen LogP contribution in [-0.4, -0.2) is 28.8 Å². The van der Waals surface area contributed by atoms with Crippen LogP contribution in [0.5, 0.6) is 0 Å². The maximum absolute atomic E-state index is 13.0. The number of hydrogen-bond acceptors (Lipinski definition) is 2. The van der Waals surface area contributed by atoms with Crippen molar-refractivity contribution in [1.29, 1.82) is 0 Å². The van der Waals surface area contributed by atoms with Gasteiger partial charge in [-0.25, -0.2) is 0 Å². The van der Waals surface area contributed by atoms with Gasteiger partial charge in [0, 0.05) is 42.4 Å². The first-order valence-corrected chi connectivity index (χ1v) is 8.19. The molecule has 1 fully saturated rings. The van der Waals surface area contributed by atoms with Crippen molar-refractivity contribution >= 4 is 16.7 Å². The third-order valence-corrected chi connectivity index (χ3v) is 5.56. The Balaban J connectivity index is 2.06. The molecule has 3 nitrogen and oxygen atoms in total. The summed E-state index contributed by atoms with van der Waals surface area (Å²) in [5.41, 5.74) is 5.62. The Morgan fingerprint density at radius 3 is 2.74 bits per heavy atom. The highest BCUT2D eigenvalue weighted by atomic mass is 16.1. The predicted octanol–water partition coefficient (Wildman–Crippen LogP) is 3.87. The second kappa shape index (κ2) is 4.93. The molecule has 0 amide bonds. The summed E-state index contributed by atoms with van der Waals surface area (Å²) in [6, 6.07) is 8.44. The maximum Gasteiger partial charge on any atom is 0.180 e. The molecule has 0 spiro atoms. The molecule has 118 valence electrons. The number of carbonyl (C=O) groups excluding carboxylic acids is 1. The molecule has 3 heteroatoms. The third-order valence-electron chi connectivity index (χ3n) is 5.56. The van der Waals surface area contributed by atoms with Crippen LogP contribution in [0, 0.1) is 5.92 Å². The molecule has 0 saturated carbocycles. The first kappa shape index (κ1) is 14.5. The van der Waals surface area contributed by atoms with Gasteiger partial charge in [0.1, 0.15) is 0 Å². The largest absolute Gasteiger partial charge is 0.341 e. The Bertz CT molecular complexity index is 871. The number of aryl methyl sites for hydroxylation is 1. The molecule has 2 heterocycles. The minimum Gasteiger partial charge on any atom is -0.341 e. The molecule has 1 aliphatic heterocycles. The number of piperidine rings is 1. The smallest absolute Gasteiger partial charge is 0.180 e. The van der Waals surface area contributed by atoms with Crippen molar-refractivity contribution in [3.63, 3.8) is 0 Å². The molecule has 1 aromatic carbocycles. The first-order chi connectivity index (χ1) is 11.0. The van der Waals surface area contributed by atoms with Gasteiger partial charge in [0.25, 0.3) is 0 Å². The van der Waals surface area contributed by atoms with E-state index in [-0.39, 0.29) is 17.7 Å². The monoisotopic (exact) mass is 306 g/mol. The van der Waals surface area contributed by atoms with Crippen LogP contribution in [0.1, 0.15) is 35.4 Å². The topological polar surface area (TPSA) is 25.2 Å². The predicted molar refractivity (Wildman–Crippen MR) is 93.6 cm³/mol. The summed E-state index contributed by atoms with van der Waals surface area (Å²) < 4.78 is 2.07. The Morgan fingerprint density at radius 1 is 1.26 bits per heavy atom. The number of aromatic nitrogens is 1. The molecule has 2 aromatic rings. The van der Waals surface area contributed by atoms with Gasteiger partial charge in [-0.05, 0) is 25.6 Å². The number of benzene rings is 1. The highest BCUT2D eigenvalue weighted by molar-refractivity contribution is 6.04. The molecule has 0 radical (unpaired) electrons. The van der Waals surface area contributed by atoms with Gasteiger partial charge in [0.15, 0.2) is 5.78 Å². The van der Waals surface area contributed by atoms with E-state index in [9.17, 15) is 4.79 Å². The SMILES string of the molecule is C=C1[C@H]2CC(=O)c3c(c4ccccc4n3C)[C@@H]1N(C)C/C2=C/C. The van der Waals surface area contributed by atoms with E-state index >= 15 is 0 Å². The highest BCUT2D eigenvalue weighted by Crippen LogP contribution is 2.48. The number of ketones is 1. The van der Waals surface area contributed by atoms with Crippen molar-refractivity contribution in [3.05, 3.63) is 59.3 Å². The van der Waals surface area contributed by atoms with E-state index in [1.807, 2.05) is 13.1 Å². The van der Waals surface area contributed by atoms with Crippen LogP contribution in [0.4, 0.5) is 0 Å². The van der Waals surface area contributed by atoms with Gasteiger partial charge in [-0.1, -0.05) is 36.4 Å². The average molecular weight is 306 g/mol. The van der Waals surface area contributed by atoms with Crippen molar-refractivity contribution in [2.45, 2.75) is 19.4 Å². The van der Waals surface area contributed by atoms with E-state index in [1.165, 1.54) is 11.0 Å². The number of Topliss-reactive ketones (excluding diaryl/α,β-unsaturated/α-hetero) is 1. The van der Waals surface area contributed by atoms with Crippen molar-refractivity contribution in [2.24, 2.45) is 13.0 Å². The zero-order valence-electron chi connectivity index (χ0n) is 14.0. The van der Waals surface area contributed by atoms with Gasteiger partial charge < -0.3 is 4.57 Å². The molecule has 23 heavy (non-hydrogen) atoms. The summed E-state index contributed by atoms with van der Waals surface area (Å²) in [6.45, 7) is 7.38. The van der Waals surface area contributed by atoms with Gasteiger partial charge in [-0.3, -0.25) is 9.69 Å². The van der Waals surface area contributed by atoms with Gasteiger partial charge in [0.2, 0.25) is 0 Å². The zero-order chi connectivity index (χ0) is 16.3. The second-order valence-corrected chi connectivity index (χ2v) is 6.77. The van der Waals surface area contributed by atoms with Gasteiger partial charge in [0.05, 0.1) is 11.7 Å². The molecule has 2 atom stereocenters. The van der Waals surface area contributed by atoms with E-state index in [1.54, 1.807) is 0 Å². The van der Waals surface area contributed by atoms with Crippen LogP contribution in [-0.2, 0) is 7.05 Å². The second-order valence-electron chi connectivity index (χ2n) is 6.77. The molecule has 1 aliphatic carbocycles. The summed E-state index contributed by atoms with van der Waals surface area (Å²) >= 11 is 0. The first-order valence-electron chi connectivity index (χ1n) is 8.19. The van der Waals surface area contributed by atoms with E-state index in [2.05, 4.69) is 54.3 Å². The molecular weight excluding hydrogens is 284 g/mol.